The summed E-state index contributed by atoms with van der Waals surface area (Å²) in [4.78, 5) is 0. The maximum Gasteiger partial charge on any atom is 0.249 e. The van der Waals surface area contributed by atoms with Crippen LogP contribution in [0.1, 0.15) is 29.5 Å². The number of allylic oxidation sites excluding steroid dienone is 1. The number of nitrogens with zero attached hydrogens (tertiary/aromatic N) is 2. The molecule has 2 unspecified atom stereocenters. The molecule has 0 radical (unpaired) electrons. The molecule has 38 heavy (non-hydrogen) atoms. The van der Waals surface area contributed by atoms with Gasteiger partial charge in [-0.15, -0.1) is 0 Å². The van der Waals surface area contributed by atoms with Crippen molar-refractivity contribution in [1.82, 2.24) is 0 Å². The molecule has 0 saturated carbocycles. The van der Waals surface area contributed by atoms with Gasteiger partial charge in [-0.1, -0.05) is 48.5 Å². The molecule has 2 aromatic heterocycles. The van der Waals surface area contributed by atoms with E-state index in [0.29, 0.717) is 12.0 Å². The summed E-state index contributed by atoms with van der Waals surface area (Å²) in [5, 5.41) is 0. The van der Waals surface area contributed by atoms with Crippen LogP contribution in [0.3, 0.4) is 0 Å². The zero-order valence-electron chi connectivity index (χ0n) is 20.8. The molecule has 0 bridgehead atoms. The van der Waals surface area contributed by atoms with E-state index in [0.717, 1.165) is 40.2 Å². The number of aryl methyl sites for hydroxylation is 1. The van der Waals surface area contributed by atoms with Gasteiger partial charge in [0.05, 0.1) is 11.5 Å². The van der Waals surface area contributed by atoms with Crippen LogP contribution in [-0.2, 0) is 6.42 Å². The molecule has 184 valence electrons. The fraction of sp³-hybridized carbons (Fsp3) is 0.118. The predicted octanol–water partition coefficient (Wildman–Crippen LogP) is 7.30. The topological polar surface area (TPSA) is 7.76 Å². The summed E-state index contributed by atoms with van der Waals surface area (Å²) in [5.74, 6) is -1.53. The minimum absolute atomic E-state index is 0.0589. The van der Waals surface area contributed by atoms with Crippen LogP contribution < -0.4 is 9.13 Å². The van der Waals surface area contributed by atoms with Gasteiger partial charge in [0, 0.05) is 29.8 Å². The van der Waals surface area contributed by atoms with Crippen molar-refractivity contribution in [3.63, 3.8) is 0 Å². The normalized spacial score (nSPS) is 17.6. The fourth-order valence-corrected chi connectivity index (χ4v) is 6.31. The Hall–Kier alpha value is -4.44. The number of benzene rings is 3. The van der Waals surface area contributed by atoms with Gasteiger partial charge in [0.15, 0.2) is 24.0 Å². The average Bonchev–Trinajstić information content (AvgIpc) is 3.01. The molecule has 2 aliphatic heterocycles. The molecule has 2 aliphatic rings. The highest BCUT2D eigenvalue weighted by atomic mass is 19.2. The van der Waals surface area contributed by atoms with Gasteiger partial charge in [-0.25, -0.2) is 8.78 Å². The van der Waals surface area contributed by atoms with Crippen LogP contribution in [0.2, 0.25) is 0 Å². The van der Waals surface area contributed by atoms with Gasteiger partial charge >= 0.3 is 0 Å². The Labute approximate surface area is 220 Å². The van der Waals surface area contributed by atoms with Crippen molar-refractivity contribution < 1.29 is 17.9 Å². The maximum atomic E-state index is 14.7. The average molecular weight is 501 g/mol. The first-order valence-corrected chi connectivity index (χ1v) is 13.0. The van der Waals surface area contributed by atoms with Crippen molar-refractivity contribution in [3.8, 4) is 33.6 Å². The van der Waals surface area contributed by atoms with Gasteiger partial charge < -0.3 is 0 Å². The van der Waals surface area contributed by atoms with E-state index in [2.05, 4.69) is 88.6 Å². The molecule has 4 heterocycles. The molecule has 2 nitrogen and oxygen atoms in total. The molecule has 5 aromatic rings. The number of rotatable bonds is 1. The van der Waals surface area contributed by atoms with Crippen molar-refractivity contribution in [1.29, 1.82) is 0 Å². The van der Waals surface area contributed by atoms with E-state index in [1.807, 2.05) is 24.4 Å². The molecule has 2 atom stereocenters. The van der Waals surface area contributed by atoms with Crippen LogP contribution in [0.15, 0.2) is 116 Å². The number of hydrogen-bond acceptors (Lipinski definition) is 0. The predicted molar refractivity (Wildman–Crippen MR) is 145 cm³/mol. The quantitative estimate of drug-likeness (QED) is 0.214. The van der Waals surface area contributed by atoms with Crippen LogP contribution in [0.5, 0.6) is 0 Å². The van der Waals surface area contributed by atoms with Crippen LogP contribution in [0, 0.1) is 11.6 Å². The summed E-state index contributed by atoms with van der Waals surface area (Å²) >= 11 is 0. The van der Waals surface area contributed by atoms with E-state index in [-0.39, 0.29) is 12.0 Å². The number of hydrogen-bond donors (Lipinski definition) is 0. The van der Waals surface area contributed by atoms with E-state index in [1.165, 1.54) is 23.3 Å². The molecule has 0 amide bonds. The number of fused-ring (bicyclic) bond motifs is 9. The second kappa shape index (κ2) is 8.84. The Balaban J connectivity index is 1.51. The minimum atomic E-state index is -0.840. The summed E-state index contributed by atoms with van der Waals surface area (Å²) in [7, 11) is 0. The van der Waals surface area contributed by atoms with Crippen molar-refractivity contribution in [3.05, 3.63) is 139 Å². The number of pyridine rings is 2. The summed E-state index contributed by atoms with van der Waals surface area (Å²) in [6.45, 7) is 4.64. The number of halogens is 2. The minimum Gasteiger partial charge on any atom is -0.204 e. The molecule has 0 N–H and O–H groups in total. The first kappa shape index (κ1) is 22.7. The molecular weight excluding hydrogens is 474 g/mol. The van der Waals surface area contributed by atoms with Gasteiger partial charge in [0.25, 0.3) is 0 Å². The molecule has 0 fully saturated rings. The summed E-state index contributed by atoms with van der Waals surface area (Å²) in [6.07, 6.45) is 5.54. The lowest BCUT2D eigenvalue weighted by Crippen LogP contribution is -2.53. The molecule has 0 spiro atoms. The Morgan fingerprint density at radius 1 is 0.684 bits per heavy atom. The molecule has 4 heteroatoms. The second-order valence-electron chi connectivity index (χ2n) is 10.1. The largest absolute Gasteiger partial charge is 0.249 e. The summed E-state index contributed by atoms with van der Waals surface area (Å²) in [6, 6.07) is 31.7. The molecular formula is C34H26F2N2+2. The standard InChI is InChI=1S/C34H26F2N2/c1-22-34-28(26-11-5-6-12-27(26)32-13-7-8-17-38(32)34)15-14-25-19-30(35)31(36)21-29(25)33-20-24(16-18-37(22)33)23-9-3-2-4-10-23/h2-13,16-21,28,34H,1,14-15H2/q+2. The highest BCUT2D eigenvalue weighted by molar-refractivity contribution is 5.72. The van der Waals surface area contributed by atoms with Crippen LogP contribution >= 0.6 is 0 Å². The van der Waals surface area contributed by atoms with Gasteiger partial charge in [0.2, 0.25) is 23.1 Å². The molecule has 0 aliphatic carbocycles. The van der Waals surface area contributed by atoms with E-state index < -0.39 is 11.6 Å². The fourth-order valence-electron chi connectivity index (χ4n) is 6.31. The Bertz CT molecular complexity index is 1720. The van der Waals surface area contributed by atoms with Crippen molar-refractivity contribution in [2.75, 3.05) is 0 Å². The van der Waals surface area contributed by atoms with E-state index in [1.54, 1.807) is 0 Å². The van der Waals surface area contributed by atoms with Gasteiger partial charge in [-0.05, 0) is 65.9 Å². The third-order valence-corrected chi connectivity index (χ3v) is 8.07. The zero-order chi connectivity index (χ0) is 25.8. The van der Waals surface area contributed by atoms with Gasteiger partial charge in [-0.3, -0.25) is 0 Å². The smallest absolute Gasteiger partial charge is 0.204 e. The lowest BCUT2D eigenvalue weighted by molar-refractivity contribution is -0.727. The highest BCUT2D eigenvalue weighted by Crippen LogP contribution is 2.45. The third-order valence-electron chi connectivity index (χ3n) is 8.07. The molecule has 3 aromatic carbocycles. The van der Waals surface area contributed by atoms with Crippen LogP contribution in [-0.4, -0.2) is 0 Å². The number of aromatic nitrogens is 2. The SMILES string of the molecule is C=C1C2C(CCc3cc(F)c(F)cc3-c3cc(-c4ccccc4)cc[n+]31)c1ccccc1-c1cccc[n+]12. The Kier molecular flexibility index (Phi) is 5.29. The second-order valence-corrected chi connectivity index (χ2v) is 10.1. The molecule has 0 saturated heterocycles. The monoisotopic (exact) mass is 500 g/mol. The van der Waals surface area contributed by atoms with Crippen LogP contribution in [0.4, 0.5) is 8.78 Å². The summed E-state index contributed by atoms with van der Waals surface area (Å²) in [5.41, 5.74) is 8.90. The first-order chi connectivity index (χ1) is 18.6. The third kappa shape index (κ3) is 3.52. The Morgan fingerprint density at radius 2 is 1.45 bits per heavy atom. The van der Waals surface area contributed by atoms with Crippen LogP contribution in [0.25, 0.3) is 39.3 Å². The maximum absolute atomic E-state index is 14.7. The van der Waals surface area contributed by atoms with E-state index >= 15 is 0 Å². The lowest BCUT2D eigenvalue weighted by Gasteiger charge is -2.29. The Morgan fingerprint density at radius 3 is 2.32 bits per heavy atom. The van der Waals surface area contributed by atoms with E-state index in [9.17, 15) is 8.78 Å². The zero-order valence-corrected chi connectivity index (χ0v) is 20.8. The first-order valence-electron chi connectivity index (χ1n) is 13.0. The summed E-state index contributed by atoms with van der Waals surface area (Å²) < 4.78 is 33.7. The van der Waals surface area contributed by atoms with Gasteiger partial charge in [0.1, 0.15) is 0 Å². The van der Waals surface area contributed by atoms with Crippen molar-refractivity contribution in [2.24, 2.45) is 0 Å². The van der Waals surface area contributed by atoms with Crippen molar-refractivity contribution >= 4 is 5.70 Å². The highest BCUT2D eigenvalue weighted by Gasteiger charge is 2.46. The van der Waals surface area contributed by atoms with Crippen molar-refractivity contribution in [2.45, 2.75) is 24.8 Å². The van der Waals surface area contributed by atoms with E-state index in [4.69, 9.17) is 0 Å². The molecule has 7 rings (SSSR count). The lowest BCUT2D eigenvalue weighted by atomic mass is 9.78. The van der Waals surface area contributed by atoms with Gasteiger partial charge in [-0.2, -0.15) is 9.13 Å².